The molecule has 1 aromatic carbocycles. The van der Waals surface area contributed by atoms with Crippen molar-refractivity contribution in [2.45, 2.75) is 24.2 Å². The number of rotatable bonds is 2. The summed E-state index contributed by atoms with van der Waals surface area (Å²) in [5, 5.41) is 0. The molecule has 0 aromatic heterocycles. The van der Waals surface area contributed by atoms with E-state index in [-0.39, 0.29) is 12.1 Å². The van der Waals surface area contributed by atoms with E-state index in [1.54, 1.807) is 0 Å². The van der Waals surface area contributed by atoms with E-state index in [4.69, 9.17) is 5.73 Å². The molecule has 0 amide bonds. The van der Waals surface area contributed by atoms with Gasteiger partial charge in [-0.25, -0.2) is 22.0 Å². The summed E-state index contributed by atoms with van der Waals surface area (Å²) in [5.74, 6) is -7.34. The fourth-order valence-electron chi connectivity index (χ4n) is 2.32. The summed E-state index contributed by atoms with van der Waals surface area (Å²) in [6.07, 6.45) is -1.28. The fraction of sp³-hybridized carbons (Fsp3) is 0.455. The molecule has 0 atom stereocenters. The second-order valence-electron chi connectivity index (χ2n) is 4.42. The van der Waals surface area contributed by atoms with E-state index in [0.29, 0.717) is 0 Å². The smallest absolute Gasteiger partial charge is 0.250 e. The lowest BCUT2D eigenvalue weighted by Gasteiger charge is -2.47. The highest BCUT2D eigenvalue weighted by Gasteiger charge is 2.57. The van der Waals surface area contributed by atoms with Crippen LogP contribution in [0.1, 0.15) is 18.4 Å². The highest BCUT2D eigenvalue weighted by molar-refractivity contribution is 5.33. The zero-order valence-corrected chi connectivity index (χ0v) is 8.74. The van der Waals surface area contributed by atoms with Crippen molar-refractivity contribution in [3.8, 4) is 0 Å². The molecule has 6 heteroatoms. The van der Waals surface area contributed by atoms with Crippen molar-refractivity contribution in [1.82, 2.24) is 0 Å². The minimum atomic E-state index is -2.92. The van der Waals surface area contributed by atoms with E-state index in [9.17, 15) is 22.0 Å². The summed E-state index contributed by atoms with van der Waals surface area (Å²) in [4.78, 5) is 0. The summed E-state index contributed by atoms with van der Waals surface area (Å²) in [5.41, 5.74) is 3.80. The lowest BCUT2D eigenvalue weighted by molar-refractivity contribution is -0.124. The van der Waals surface area contributed by atoms with Crippen molar-refractivity contribution in [3.05, 3.63) is 35.1 Å². The van der Waals surface area contributed by atoms with E-state index in [2.05, 4.69) is 0 Å². The molecule has 1 aliphatic carbocycles. The fourth-order valence-corrected chi connectivity index (χ4v) is 2.32. The van der Waals surface area contributed by atoms with E-state index in [0.717, 1.165) is 12.1 Å². The Balaban J connectivity index is 2.44. The Bertz CT molecular complexity index is 449. The Morgan fingerprint density at radius 3 is 2.12 bits per heavy atom. The van der Waals surface area contributed by atoms with Crippen LogP contribution in [-0.2, 0) is 5.41 Å². The third kappa shape index (κ3) is 1.80. The van der Waals surface area contributed by atoms with Crippen molar-refractivity contribution in [1.29, 1.82) is 0 Å². The number of benzene rings is 1. The quantitative estimate of drug-likeness (QED) is 0.634. The number of halogens is 5. The van der Waals surface area contributed by atoms with Crippen molar-refractivity contribution in [3.63, 3.8) is 0 Å². The Hall–Kier alpha value is -1.17. The topological polar surface area (TPSA) is 26.0 Å². The van der Waals surface area contributed by atoms with Crippen molar-refractivity contribution < 1.29 is 22.0 Å². The third-order valence-corrected chi connectivity index (χ3v) is 3.19. The summed E-state index contributed by atoms with van der Waals surface area (Å²) in [7, 11) is 0. The molecular weight excluding hydrogens is 241 g/mol. The van der Waals surface area contributed by atoms with Gasteiger partial charge in [0, 0.05) is 24.8 Å². The minimum absolute atomic E-state index is 0.232. The predicted octanol–water partition coefficient (Wildman–Crippen LogP) is 2.73. The van der Waals surface area contributed by atoms with E-state index in [1.807, 2.05) is 0 Å². The first-order chi connectivity index (χ1) is 7.81. The van der Waals surface area contributed by atoms with Crippen molar-refractivity contribution >= 4 is 0 Å². The molecule has 0 spiro atoms. The van der Waals surface area contributed by atoms with Gasteiger partial charge < -0.3 is 5.73 Å². The van der Waals surface area contributed by atoms with Gasteiger partial charge in [0.1, 0.15) is 0 Å². The molecule has 1 nitrogen and oxygen atoms in total. The SMILES string of the molecule is NCC1(c2ccc(F)c(F)c2F)CC(F)(F)C1. The van der Waals surface area contributed by atoms with Gasteiger partial charge in [-0.3, -0.25) is 0 Å². The normalized spacial score (nSPS) is 21.1. The Morgan fingerprint density at radius 1 is 1.06 bits per heavy atom. The second-order valence-corrected chi connectivity index (χ2v) is 4.42. The molecule has 1 fully saturated rings. The molecule has 0 saturated heterocycles. The summed E-state index contributed by atoms with van der Waals surface area (Å²) in [6, 6.07) is 1.71. The van der Waals surface area contributed by atoms with Gasteiger partial charge >= 0.3 is 0 Å². The highest BCUT2D eigenvalue weighted by Crippen LogP contribution is 2.53. The molecule has 2 N–H and O–H groups in total. The summed E-state index contributed by atoms with van der Waals surface area (Å²) in [6.45, 7) is -0.232. The summed E-state index contributed by atoms with van der Waals surface area (Å²) < 4.78 is 65.0. The molecule has 0 radical (unpaired) electrons. The Kier molecular flexibility index (Phi) is 2.65. The first kappa shape index (κ1) is 12.3. The van der Waals surface area contributed by atoms with Crippen LogP contribution in [0.3, 0.4) is 0 Å². The van der Waals surface area contributed by atoms with Crippen molar-refractivity contribution in [2.75, 3.05) is 6.54 Å². The summed E-state index contributed by atoms with van der Waals surface area (Å²) >= 11 is 0. The molecule has 1 saturated carbocycles. The highest BCUT2D eigenvalue weighted by atomic mass is 19.3. The Labute approximate surface area is 94.4 Å². The molecule has 0 bridgehead atoms. The zero-order valence-electron chi connectivity index (χ0n) is 8.74. The predicted molar refractivity (Wildman–Crippen MR) is 51.2 cm³/mol. The number of hydrogen-bond acceptors (Lipinski definition) is 1. The van der Waals surface area contributed by atoms with E-state index < -0.39 is 41.6 Å². The molecule has 94 valence electrons. The first-order valence-corrected chi connectivity index (χ1v) is 5.03. The van der Waals surface area contributed by atoms with E-state index in [1.165, 1.54) is 0 Å². The number of alkyl halides is 2. The first-order valence-electron chi connectivity index (χ1n) is 5.03. The van der Waals surface area contributed by atoms with Gasteiger partial charge in [0.05, 0.1) is 0 Å². The van der Waals surface area contributed by atoms with Crippen LogP contribution < -0.4 is 5.73 Å². The van der Waals surface area contributed by atoms with Crippen LogP contribution in [0.25, 0.3) is 0 Å². The molecule has 2 rings (SSSR count). The largest absolute Gasteiger partial charge is 0.330 e. The van der Waals surface area contributed by atoms with Crippen LogP contribution in [-0.4, -0.2) is 12.5 Å². The monoisotopic (exact) mass is 251 g/mol. The van der Waals surface area contributed by atoms with Gasteiger partial charge in [0.2, 0.25) is 5.92 Å². The van der Waals surface area contributed by atoms with Crippen LogP contribution >= 0.6 is 0 Å². The van der Waals surface area contributed by atoms with Crippen LogP contribution in [0.15, 0.2) is 12.1 Å². The average molecular weight is 251 g/mol. The number of hydrogen-bond donors (Lipinski definition) is 1. The third-order valence-electron chi connectivity index (χ3n) is 3.19. The van der Waals surface area contributed by atoms with Gasteiger partial charge in [-0.2, -0.15) is 0 Å². The van der Waals surface area contributed by atoms with Gasteiger partial charge in [-0.1, -0.05) is 6.07 Å². The molecule has 0 unspecified atom stereocenters. The van der Waals surface area contributed by atoms with Crippen LogP contribution in [0.4, 0.5) is 22.0 Å². The van der Waals surface area contributed by atoms with Gasteiger partial charge in [0.25, 0.3) is 0 Å². The second kappa shape index (κ2) is 3.66. The van der Waals surface area contributed by atoms with Crippen LogP contribution in [0.5, 0.6) is 0 Å². The maximum absolute atomic E-state index is 13.5. The Morgan fingerprint density at radius 2 is 1.65 bits per heavy atom. The van der Waals surface area contributed by atoms with Crippen molar-refractivity contribution in [2.24, 2.45) is 5.73 Å². The molecular formula is C11H10F5N. The van der Waals surface area contributed by atoms with Crippen LogP contribution in [0.2, 0.25) is 0 Å². The molecule has 1 aromatic rings. The van der Waals surface area contributed by atoms with Gasteiger partial charge in [0.15, 0.2) is 17.5 Å². The van der Waals surface area contributed by atoms with E-state index >= 15 is 0 Å². The maximum Gasteiger partial charge on any atom is 0.250 e. The minimum Gasteiger partial charge on any atom is -0.330 e. The standard InChI is InChI=1S/C11H10F5N/c12-7-2-1-6(8(13)9(7)14)10(5-17)3-11(15,16)4-10/h1-2H,3-5,17H2. The lowest BCUT2D eigenvalue weighted by atomic mass is 9.62. The van der Waals surface area contributed by atoms with Gasteiger partial charge in [-0.15, -0.1) is 0 Å². The zero-order chi connectivity index (χ0) is 12.8. The molecule has 0 heterocycles. The molecule has 0 aliphatic heterocycles. The van der Waals surface area contributed by atoms with Gasteiger partial charge in [-0.05, 0) is 11.6 Å². The maximum atomic E-state index is 13.5. The average Bonchev–Trinajstić information content (AvgIpc) is 2.22. The molecule has 17 heavy (non-hydrogen) atoms. The number of nitrogens with two attached hydrogens (primary N) is 1. The van der Waals surface area contributed by atoms with Crippen LogP contribution in [0, 0.1) is 17.5 Å². The lowest BCUT2D eigenvalue weighted by Crippen LogP contribution is -2.54. The molecule has 1 aliphatic rings.